The van der Waals surface area contributed by atoms with Crippen LogP contribution in [0.2, 0.25) is 0 Å². The summed E-state index contributed by atoms with van der Waals surface area (Å²) in [4.78, 5) is 3.87. The Balaban J connectivity index is 0.000000720. The van der Waals surface area contributed by atoms with Crippen molar-refractivity contribution in [2.45, 2.75) is 0 Å². The Morgan fingerprint density at radius 1 is 1.23 bits per heavy atom. The molecule has 0 fully saturated rings. The molecule has 63 valence electrons. The van der Waals surface area contributed by atoms with E-state index < -0.39 is 0 Å². The van der Waals surface area contributed by atoms with Gasteiger partial charge in [0.05, 0.1) is 0 Å². The summed E-state index contributed by atoms with van der Waals surface area (Å²) in [6.45, 7) is 0. The van der Waals surface area contributed by atoms with Gasteiger partial charge in [-0.05, 0) is 0 Å². The average Bonchev–Trinajstić information content (AvgIpc) is 2.58. The van der Waals surface area contributed by atoms with Crippen molar-refractivity contribution in [2.75, 3.05) is 0 Å². The minimum absolute atomic E-state index is 0. The van der Waals surface area contributed by atoms with Gasteiger partial charge in [0, 0.05) is 32.8 Å². The van der Waals surface area contributed by atoms with Crippen molar-refractivity contribution in [1.82, 2.24) is 20.4 Å². The predicted molar refractivity (Wildman–Crippen MR) is 37.4 cm³/mol. The Labute approximate surface area is 83.1 Å². The first-order valence-corrected chi connectivity index (χ1v) is 3.11. The zero-order valence-corrected chi connectivity index (χ0v) is 15.8. The number of hydrogen-bond donors (Lipinski definition) is 0. The van der Waals surface area contributed by atoms with Gasteiger partial charge in [-0.15, -0.1) is 12.1 Å². The molecule has 4 nitrogen and oxygen atoms in total. The molecule has 0 aromatic carbocycles. The second-order valence-corrected chi connectivity index (χ2v) is 1.99. The molecule has 0 saturated heterocycles. The van der Waals surface area contributed by atoms with E-state index >= 15 is 0 Å². The van der Waals surface area contributed by atoms with E-state index in [1.807, 2.05) is 12.1 Å². The van der Waals surface area contributed by atoms with Crippen LogP contribution < -0.4 is 5.10 Å². The fraction of sp³-hybridized carbons (Fsp3) is 0. The molecule has 13 heavy (non-hydrogen) atoms. The molecule has 2 rings (SSSR count). The third-order valence-corrected chi connectivity index (χ3v) is 1.30. The second kappa shape index (κ2) is 4.75. The van der Waals surface area contributed by atoms with Gasteiger partial charge in [0.1, 0.15) is 0 Å². The van der Waals surface area contributed by atoms with Gasteiger partial charge >= 0.3 is 0 Å². The summed E-state index contributed by atoms with van der Waals surface area (Å²) >= 11 is 0. The maximum Gasteiger partial charge on any atom is 0.00954 e. The van der Waals surface area contributed by atoms with E-state index in [-0.39, 0.29) is 20.4 Å². The Bertz CT molecular complexity index is 323. The van der Waals surface area contributed by atoms with E-state index in [4.69, 9.17) is 0 Å². The Morgan fingerprint density at radius 2 is 1.92 bits per heavy atom. The summed E-state index contributed by atoms with van der Waals surface area (Å²) < 4.78 is 0. The number of nitrogens with zero attached hydrogens (tertiary/aromatic N) is 4. The van der Waals surface area contributed by atoms with Crippen LogP contribution in [0.4, 0.5) is 0 Å². The van der Waals surface area contributed by atoms with Crippen molar-refractivity contribution in [3.63, 3.8) is 0 Å². The van der Waals surface area contributed by atoms with Crippen LogP contribution in [0.1, 0.15) is 0 Å². The SMILES string of the molecule is [Re].[Rf].[c-]1nn[n-]c1-c1ccncc1. The van der Waals surface area contributed by atoms with Gasteiger partial charge in [0.2, 0.25) is 0 Å². The summed E-state index contributed by atoms with van der Waals surface area (Å²) in [7, 11) is 0. The summed E-state index contributed by atoms with van der Waals surface area (Å²) in [5.41, 5.74) is 1.59. The first-order chi connectivity index (χ1) is 5.47. The van der Waals surface area contributed by atoms with Crippen molar-refractivity contribution >= 4 is 0 Å². The van der Waals surface area contributed by atoms with Crippen LogP contribution in [0, 0.1) is 6.20 Å². The second-order valence-electron chi connectivity index (χ2n) is 1.99. The van der Waals surface area contributed by atoms with Crippen LogP contribution in [0.25, 0.3) is 11.3 Å². The van der Waals surface area contributed by atoms with E-state index in [9.17, 15) is 0 Å². The minimum atomic E-state index is 0. The standard InChI is InChI=1S/C7H4N4.Re.Rf/c1-3-8-4-2-6(1)7-5-9-11-10-7;;/h1-4H;;/q-2;;. The van der Waals surface area contributed by atoms with Gasteiger partial charge in [0.25, 0.3) is 0 Å². The quantitative estimate of drug-likeness (QED) is 0.444. The van der Waals surface area contributed by atoms with E-state index in [0.29, 0.717) is 5.69 Å². The topological polar surface area (TPSA) is 52.8 Å². The van der Waals surface area contributed by atoms with Crippen molar-refractivity contribution in [1.29, 1.82) is 0 Å². The van der Waals surface area contributed by atoms with Gasteiger partial charge in [-0.3, -0.25) is 16.4 Å². The molecule has 0 unspecified atom stereocenters. The summed E-state index contributed by atoms with van der Waals surface area (Å²) in [6, 6.07) is 3.67. The molecule has 0 atom stereocenters. The molecule has 0 bridgehead atoms. The average molecular weight is 597 g/mol. The number of rotatable bonds is 1. The molecule has 0 amide bonds. The Morgan fingerprint density at radius 3 is 2.46 bits per heavy atom. The summed E-state index contributed by atoms with van der Waals surface area (Å²) in [5.74, 6) is 0. The predicted octanol–water partition coefficient (Wildman–Crippen LogP) is 0.293. The molecule has 0 spiro atoms. The van der Waals surface area contributed by atoms with Crippen LogP contribution >= 0.6 is 0 Å². The van der Waals surface area contributed by atoms with E-state index in [1.54, 1.807) is 12.4 Å². The van der Waals surface area contributed by atoms with Crippen LogP contribution in [0.3, 0.4) is 0 Å². The summed E-state index contributed by atoms with van der Waals surface area (Å²) in [5, 5.41) is 10.7. The smallest absolute Gasteiger partial charge is 0.00954 e. The van der Waals surface area contributed by atoms with Gasteiger partial charge in [-0.25, -0.2) is 0 Å². The van der Waals surface area contributed by atoms with Crippen LogP contribution in [0.15, 0.2) is 24.5 Å². The maximum absolute atomic E-state index is 3.87. The zero-order valence-electron chi connectivity index (χ0n) is 6.68. The third-order valence-electron chi connectivity index (χ3n) is 1.30. The first-order valence-electron chi connectivity index (χ1n) is 3.11. The number of hydrogen-bond acceptors (Lipinski definition) is 3. The van der Waals surface area contributed by atoms with E-state index in [2.05, 4.69) is 26.6 Å². The van der Waals surface area contributed by atoms with Crippen LogP contribution in [0.5, 0.6) is 0 Å². The Hall–Kier alpha value is -2.05. The normalized spacial score (nSPS) is 8.31. The van der Waals surface area contributed by atoms with Gasteiger partial charge < -0.3 is 10.2 Å². The largest absolute Gasteiger partial charge is 0.464 e. The van der Waals surface area contributed by atoms with Crippen molar-refractivity contribution < 1.29 is 20.4 Å². The third kappa shape index (κ3) is 2.19. The zero-order chi connectivity index (χ0) is 7.52. The number of pyridine rings is 1. The van der Waals surface area contributed by atoms with Gasteiger partial charge in [-0.1, -0.05) is 0 Å². The van der Waals surface area contributed by atoms with Crippen molar-refractivity contribution in [2.24, 2.45) is 0 Å². The maximum atomic E-state index is 3.87. The molecule has 6 heteroatoms. The van der Waals surface area contributed by atoms with E-state index in [1.165, 1.54) is 0 Å². The first kappa shape index (κ1) is 11.0. The van der Waals surface area contributed by atoms with Gasteiger partial charge in [-0.2, -0.15) is 11.3 Å². The van der Waals surface area contributed by atoms with Crippen molar-refractivity contribution in [3.05, 3.63) is 30.7 Å². The van der Waals surface area contributed by atoms with Gasteiger partial charge in [0.15, 0.2) is 0 Å². The Kier molecular flexibility index (Phi) is 4.01. The molecule has 0 aliphatic rings. The molecular weight excluding hydrogens is 593 g/mol. The van der Waals surface area contributed by atoms with E-state index in [0.717, 1.165) is 5.56 Å². The molecule has 2 aromatic heterocycles. The van der Waals surface area contributed by atoms with Crippen molar-refractivity contribution in [3.8, 4) is 11.3 Å². The minimum Gasteiger partial charge on any atom is -0.464 e. The monoisotopic (exact) mass is 598 g/mol. The number of aromatic nitrogens is 4. The molecule has 0 N–H and O–H groups in total. The summed E-state index contributed by atoms with van der Waals surface area (Å²) in [6.07, 6.45) is 6.04. The fourth-order valence-electron chi connectivity index (χ4n) is 0.791. The molecule has 0 saturated carbocycles. The molecule has 0 aliphatic heterocycles. The van der Waals surface area contributed by atoms with Crippen LogP contribution in [-0.4, -0.2) is 15.3 Å². The fourth-order valence-corrected chi connectivity index (χ4v) is 0.791. The van der Waals surface area contributed by atoms with Crippen LogP contribution in [-0.2, 0) is 20.4 Å². The molecule has 2 heterocycles. The molecule has 0 aliphatic carbocycles. The molecular formula is C7H4N4ReRf-2. The molecule has 2 aromatic rings. The molecule has 1 radical (unpaired) electrons.